The Bertz CT molecular complexity index is 1190. The molecule has 4 aromatic rings. The van der Waals surface area contributed by atoms with Crippen molar-refractivity contribution in [3.8, 4) is 17.1 Å². The van der Waals surface area contributed by atoms with Gasteiger partial charge in [-0.3, -0.25) is 4.79 Å². The first-order chi connectivity index (χ1) is 15.7. The van der Waals surface area contributed by atoms with Crippen LogP contribution >= 0.6 is 0 Å². The van der Waals surface area contributed by atoms with Crippen molar-refractivity contribution in [1.82, 2.24) is 20.2 Å². The molecule has 158 valence electrons. The topological polar surface area (TPSA) is 98.5 Å². The van der Waals surface area contributed by atoms with Crippen molar-refractivity contribution in [2.45, 2.75) is 0 Å². The highest BCUT2D eigenvalue weighted by Gasteiger charge is 2.18. The number of benzene rings is 3. The lowest BCUT2D eigenvalue weighted by molar-refractivity contribution is 0.0600. The lowest BCUT2D eigenvalue weighted by atomic mass is 10.1. The van der Waals surface area contributed by atoms with E-state index in [1.54, 1.807) is 28.9 Å². The molecule has 32 heavy (non-hydrogen) atoms. The zero-order valence-electron chi connectivity index (χ0n) is 17.2. The number of ether oxygens (including phenoxy) is 1. The second-order valence-electron chi connectivity index (χ2n) is 6.69. The number of nitrogens with one attached hydrogen (secondary N) is 1. The fourth-order valence-electron chi connectivity index (χ4n) is 2.97. The summed E-state index contributed by atoms with van der Waals surface area (Å²) in [4.78, 5) is 28.5. The maximum atomic E-state index is 12.6. The van der Waals surface area contributed by atoms with E-state index in [1.807, 2.05) is 60.7 Å². The number of esters is 1. The van der Waals surface area contributed by atoms with Crippen LogP contribution < -0.4 is 5.43 Å². The number of amides is 1. The number of carbonyl (C=O) groups is 2. The zero-order valence-corrected chi connectivity index (χ0v) is 17.2. The van der Waals surface area contributed by atoms with Gasteiger partial charge in [0.1, 0.15) is 0 Å². The third kappa shape index (κ3) is 4.59. The minimum atomic E-state index is -0.542. The number of hydrazone groups is 1. The second-order valence-corrected chi connectivity index (χ2v) is 6.69. The van der Waals surface area contributed by atoms with Gasteiger partial charge in [0.2, 0.25) is 5.82 Å². The van der Waals surface area contributed by atoms with Crippen LogP contribution in [0.5, 0.6) is 0 Å². The number of rotatable bonds is 6. The SMILES string of the molecule is COC(=O)c1ccc(/C=N/NC(=O)c2nc(-c3ccccc3)n(-c3ccccc3)n2)cc1. The van der Waals surface area contributed by atoms with Gasteiger partial charge in [-0.15, -0.1) is 5.10 Å². The maximum Gasteiger partial charge on any atom is 0.337 e. The smallest absolute Gasteiger partial charge is 0.337 e. The summed E-state index contributed by atoms with van der Waals surface area (Å²) in [5, 5.41) is 8.36. The van der Waals surface area contributed by atoms with Crippen LogP contribution in [-0.4, -0.2) is 40.0 Å². The molecule has 0 saturated heterocycles. The van der Waals surface area contributed by atoms with Crippen molar-refractivity contribution in [1.29, 1.82) is 0 Å². The molecule has 8 heteroatoms. The Labute approximate surface area is 184 Å². The molecule has 0 bridgehead atoms. The van der Waals surface area contributed by atoms with Crippen LogP contribution in [0.2, 0.25) is 0 Å². The van der Waals surface area contributed by atoms with Crippen molar-refractivity contribution >= 4 is 18.1 Å². The molecule has 1 aromatic heterocycles. The number of methoxy groups -OCH3 is 1. The van der Waals surface area contributed by atoms with E-state index in [-0.39, 0.29) is 5.82 Å². The molecular weight excluding hydrogens is 406 g/mol. The van der Waals surface area contributed by atoms with Gasteiger partial charge in [-0.1, -0.05) is 60.7 Å². The largest absolute Gasteiger partial charge is 0.465 e. The van der Waals surface area contributed by atoms with Gasteiger partial charge in [0, 0.05) is 5.56 Å². The summed E-state index contributed by atoms with van der Waals surface area (Å²) < 4.78 is 6.29. The third-order valence-electron chi connectivity index (χ3n) is 4.55. The molecule has 0 aliphatic carbocycles. The van der Waals surface area contributed by atoms with Crippen LogP contribution in [0, 0.1) is 0 Å². The molecular formula is C24H19N5O3. The molecule has 1 N–H and O–H groups in total. The Kier molecular flexibility index (Phi) is 6.12. The zero-order chi connectivity index (χ0) is 22.3. The fourth-order valence-corrected chi connectivity index (χ4v) is 2.97. The van der Waals surface area contributed by atoms with Crippen molar-refractivity contribution in [2.24, 2.45) is 5.10 Å². The maximum absolute atomic E-state index is 12.6. The summed E-state index contributed by atoms with van der Waals surface area (Å²) in [6.45, 7) is 0. The van der Waals surface area contributed by atoms with Crippen LogP contribution in [0.25, 0.3) is 17.1 Å². The van der Waals surface area contributed by atoms with Gasteiger partial charge < -0.3 is 4.74 Å². The number of nitrogens with zero attached hydrogens (tertiary/aromatic N) is 4. The van der Waals surface area contributed by atoms with Gasteiger partial charge >= 0.3 is 11.9 Å². The molecule has 1 heterocycles. The summed E-state index contributed by atoms with van der Waals surface area (Å²) in [7, 11) is 1.32. The van der Waals surface area contributed by atoms with Gasteiger partial charge in [-0.25, -0.2) is 19.9 Å². The number of carbonyl (C=O) groups excluding carboxylic acids is 2. The first-order valence-corrected chi connectivity index (χ1v) is 9.75. The van der Waals surface area contributed by atoms with E-state index in [1.165, 1.54) is 13.3 Å². The second kappa shape index (κ2) is 9.48. The van der Waals surface area contributed by atoms with Crippen LogP contribution in [0.3, 0.4) is 0 Å². The Balaban J connectivity index is 1.54. The lowest BCUT2D eigenvalue weighted by Crippen LogP contribution is -2.19. The Morgan fingerprint density at radius 3 is 2.25 bits per heavy atom. The predicted molar refractivity (Wildman–Crippen MR) is 120 cm³/mol. The number of hydrogen-bond donors (Lipinski definition) is 1. The Hall–Kier alpha value is -4.59. The molecule has 0 spiro atoms. The monoisotopic (exact) mass is 425 g/mol. The summed E-state index contributed by atoms with van der Waals surface area (Å²) in [6, 6.07) is 25.6. The molecule has 0 aliphatic rings. The van der Waals surface area contributed by atoms with Gasteiger partial charge in [-0.2, -0.15) is 5.10 Å². The van der Waals surface area contributed by atoms with Crippen LogP contribution in [0.15, 0.2) is 90.0 Å². The quantitative estimate of drug-likeness (QED) is 0.290. The summed E-state index contributed by atoms with van der Waals surface area (Å²) >= 11 is 0. The molecule has 0 unspecified atom stereocenters. The molecule has 0 atom stereocenters. The van der Waals surface area contributed by atoms with E-state index in [4.69, 9.17) is 0 Å². The average molecular weight is 425 g/mol. The van der Waals surface area contributed by atoms with Gasteiger partial charge in [0.25, 0.3) is 0 Å². The van der Waals surface area contributed by atoms with Gasteiger partial charge in [0.05, 0.1) is 24.6 Å². The number of hydrogen-bond acceptors (Lipinski definition) is 6. The summed E-state index contributed by atoms with van der Waals surface area (Å²) in [5.74, 6) is -0.425. The molecule has 1 amide bonds. The van der Waals surface area contributed by atoms with E-state index in [9.17, 15) is 9.59 Å². The molecule has 0 saturated carbocycles. The van der Waals surface area contributed by atoms with Gasteiger partial charge in [0.15, 0.2) is 5.82 Å². The molecule has 0 fully saturated rings. The third-order valence-corrected chi connectivity index (χ3v) is 4.55. The van der Waals surface area contributed by atoms with E-state index in [2.05, 4.69) is 25.3 Å². The highest BCUT2D eigenvalue weighted by atomic mass is 16.5. The first-order valence-electron chi connectivity index (χ1n) is 9.75. The van der Waals surface area contributed by atoms with E-state index >= 15 is 0 Å². The molecule has 0 radical (unpaired) electrons. The lowest BCUT2D eigenvalue weighted by Gasteiger charge is -2.05. The van der Waals surface area contributed by atoms with E-state index in [0.29, 0.717) is 17.0 Å². The minimum absolute atomic E-state index is 0.00843. The normalized spacial score (nSPS) is 10.8. The predicted octanol–water partition coefficient (Wildman–Crippen LogP) is 3.48. The van der Waals surface area contributed by atoms with E-state index < -0.39 is 11.9 Å². The summed E-state index contributed by atoms with van der Waals surface area (Å²) in [5.41, 5.74) is 5.18. The molecule has 4 rings (SSSR count). The number of para-hydroxylation sites is 1. The molecule has 0 aliphatic heterocycles. The standard InChI is InChI=1S/C24H19N5O3/c1-32-24(31)19-14-12-17(13-15-19)16-25-27-23(30)21-26-22(18-8-4-2-5-9-18)29(28-21)20-10-6-3-7-11-20/h2-16H,1H3,(H,27,30)/b25-16+. The molecule has 8 nitrogen and oxygen atoms in total. The van der Waals surface area contributed by atoms with Crippen molar-refractivity contribution in [3.63, 3.8) is 0 Å². The van der Waals surface area contributed by atoms with Crippen molar-refractivity contribution < 1.29 is 14.3 Å². The van der Waals surface area contributed by atoms with Crippen LogP contribution in [0.4, 0.5) is 0 Å². The molecule has 3 aromatic carbocycles. The number of aromatic nitrogens is 3. The van der Waals surface area contributed by atoms with Gasteiger partial charge in [-0.05, 0) is 29.8 Å². The first kappa shape index (κ1) is 20.7. The van der Waals surface area contributed by atoms with Crippen LogP contribution in [-0.2, 0) is 4.74 Å². The van der Waals surface area contributed by atoms with Crippen molar-refractivity contribution in [2.75, 3.05) is 7.11 Å². The fraction of sp³-hybridized carbons (Fsp3) is 0.0417. The van der Waals surface area contributed by atoms with Crippen molar-refractivity contribution in [3.05, 3.63) is 102 Å². The Morgan fingerprint density at radius 2 is 1.59 bits per heavy atom. The highest BCUT2D eigenvalue weighted by molar-refractivity contribution is 5.93. The average Bonchev–Trinajstić information content (AvgIpc) is 3.31. The highest BCUT2D eigenvalue weighted by Crippen LogP contribution is 2.20. The van der Waals surface area contributed by atoms with E-state index in [0.717, 1.165) is 11.3 Å². The summed E-state index contributed by atoms with van der Waals surface area (Å²) in [6.07, 6.45) is 1.46. The van der Waals surface area contributed by atoms with Crippen LogP contribution in [0.1, 0.15) is 26.5 Å². The minimum Gasteiger partial charge on any atom is -0.465 e. The Morgan fingerprint density at radius 1 is 0.938 bits per heavy atom.